The van der Waals surface area contributed by atoms with Crippen LogP contribution in [0.25, 0.3) is 0 Å². The molecule has 1 atom stereocenters. The fourth-order valence-corrected chi connectivity index (χ4v) is 1.45. The largest absolute Gasteiger partial charge is 0.381 e. The summed E-state index contributed by atoms with van der Waals surface area (Å²) in [6.45, 7) is 6.44. The standard InChI is InChI=1S/C9H19NO/c1-2-5-10-7-9-4-3-6-11-8-9/h9-10H,2-8H2,1H3. The van der Waals surface area contributed by atoms with E-state index in [1.165, 1.54) is 19.3 Å². The molecule has 0 aromatic carbocycles. The van der Waals surface area contributed by atoms with Gasteiger partial charge < -0.3 is 10.1 Å². The van der Waals surface area contributed by atoms with Gasteiger partial charge in [0.05, 0.1) is 6.61 Å². The SMILES string of the molecule is CCCNCC1CCCOC1. The van der Waals surface area contributed by atoms with Crippen LogP contribution in [0.3, 0.4) is 0 Å². The van der Waals surface area contributed by atoms with Crippen molar-refractivity contribution in [3.05, 3.63) is 0 Å². The van der Waals surface area contributed by atoms with Crippen molar-refractivity contribution in [1.82, 2.24) is 5.32 Å². The molecule has 1 aliphatic rings. The molecule has 0 aliphatic carbocycles. The minimum Gasteiger partial charge on any atom is -0.381 e. The molecule has 0 aromatic rings. The molecule has 0 radical (unpaired) electrons. The Hall–Kier alpha value is -0.0800. The Bertz CT molecular complexity index is 89.6. The second-order valence-electron chi connectivity index (χ2n) is 3.29. The first-order valence-corrected chi connectivity index (χ1v) is 4.72. The summed E-state index contributed by atoms with van der Waals surface area (Å²) < 4.78 is 5.37. The van der Waals surface area contributed by atoms with Gasteiger partial charge in [0, 0.05) is 13.2 Å². The summed E-state index contributed by atoms with van der Waals surface area (Å²) in [6.07, 6.45) is 3.82. The van der Waals surface area contributed by atoms with Gasteiger partial charge in [-0.25, -0.2) is 0 Å². The van der Waals surface area contributed by atoms with Crippen LogP contribution >= 0.6 is 0 Å². The zero-order valence-corrected chi connectivity index (χ0v) is 7.44. The molecule has 0 saturated carbocycles. The molecule has 1 unspecified atom stereocenters. The van der Waals surface area contributed by atoms with E-state index in [0.29, 0.717) is 0 Å². The summed E-state index contributed by atoms with van der Waals surface area (Å²) in [5.41, 5.74) is 0. The van der Waals surface area contributed by atoms with Crippen LogP contribution < -0.4 is 5.32 Å². The van der Waals surface area contributed by atoms with Gasteiger partial charge in [0.15, 0.2) is 0 Å². The predicted molar refractivity (Wildman–Crippen MR) is 46.7 cm³/mol. The highest BCUT2D eigenvalue weighted by Crippen LogP contribution is 2.11. The van der Waals surface area contributed by atoms with Crippen molar-refractivity contribution >= 4 is 0 Å². The zero-order chi connectivity index (χ0) is 7.94. The van der Waals surface area contributed by atoms with Crippen LogP contribution in [0, 0.1) is 5.92 Å². The van der Waals surface area contributed by atoms with Crippen molar-refractivity contribution < 1.29 is 4.74 Å². The first kappa shape index (κ1) is 9.01. The van der Waals surface area contributed by atoms with Gasteiger partial charge in [0.1, 0.15) is 0 Å². The Morgan fingerprint density at radius 3 is 3.09 bits per heavy atom. The van der Waals surface area contributed by atoms with E-state index in [1.54, 1.807) is 0 Å². The number of hydrogen-bond donors (Lipinski definition) is 1. The molecule has 0 bridgehead atoms. The van der Waals surface area contributed by atoms with Gasteiger partial charge in [0.25, 0.3) is 0 Å². The molecule has 1 rings (SSSR count). The Balaban J connectivity index is 1.96. The summed E-state index contributed by atoms with van der Waals surface area (Å²) in [5.74, 6) is 0.773. The highest BCUT2D eigenvalue weighted by Gasteiger charge is 2.12. The maximum atomic E-state index is 5.37. The highest BCUT2D eigenvalue weighted by molar-refractivity contribution is 4.65. The van der Waals surface area contributed by atoms with Crippen molar-refractivity contribution in [1.29, 1.82) is 0 Å². The van der Waals surface area contributed by atoms with E-state index in [4.69, 9.17) is 4.74 Å². The lowest BCUT2D eigenvalue weighted by molar-refractivity contribution is 0.0549. The second-order valence-corrected chi connectivity index (χ2v) is 3.29. The van der Waals surface area contributed by atoms with Crippen LogP contribution in [0.15, 0.2) is 0 Å². The quantitative estimate of drug-likeness (QED) is 0.623. The molecule has 2 heteroatoms. The first-order chi connectivity index (χ1) is 5.43. The summed E-state index contributed by atoms with van der Waals surface area (Å²) in [6, 6.07) is 0. The van der Waals surface area contributed by atoms with Gasteiger partial charge in [-0.15, -0.1) is 0 Å². The maximum absolute atomic E-state index is 5.37. The summed E-state index contributed by atoms with van der Waals surface area (Å²) in [5, 5.41) is 3.42. The van der Waals surface area contributed by atoms with Gasteiger partial charge in [0.2, 0.25) is 0 Å². The van der Waals surface area contributed by atoms with E-state index in [-0.39, 0.29) is 0 Å². The fraction of sp³-hybridized carbons (Fsp3) is 1.00. The Kier molecular flexibility index (Phi) is 4.55. The smallest absolute Gasteiger partial charge is 0.0506 e. The maximum Gasteiger partial charge on any atom is 0.0506 e. The molecule has 1 fully saturated rings. The van der Waals surface area contributed by atoms with Crippen LogP contribution in [-0.4, -0.2) is 26.3 Å². The molecule has 0 aromatic heterocycles. The molecule has 1 heterocycles. The van der Waals surface area contributed by atoms with Crippen LogP contribution in [0.4, 0.5) is 0 Å². The van der Waals surface area contributed by atoms with E-state index in [1.807, 2.05) is 0 Å². The number of nitrogens with one attached hydrogen (secondary N) is 1. The lowest BCUT2D eigenvalue weighted by Gasteiger charge is -2.22. The van der Waals surface area contributed by atoms with E-state index in [9.17, 15) is 0 Å². The van der Waals surface area contributed by atoms with E-state index < -0.39 is 0 Å². The molecule has 0 spiro atoms. The zero-order valence-electron chi connectivity index (χ0n) is 7.44. The van der Waals surface area contributed by atoms with Gasteiger partial charge in [-0.2, -0.15) is 0 Å². The van der Waals surface area contributed by atoms with Crippen LogP contribution in [0.5, 0.6) is 0 Å². The van der Waals surface area contributed by atoms with Crippen molar-refractivity contribution in [2.45, 2.75) is 26.2 Å². The minimum absolute atomic E-state index is 0.773. The van der Waals surface area contributed by atoms with Crippen molar-refractivity contribution in [2.75, 3.05) is 26.3 Å². The average molecular weight is 157 g/mol. The Labute approximate surface area is 69.3 Å². The van der Waals surface area contributed by atoms with Gasteiger partial charge in [-0.05, 0) is 31.7 Å². The Morgan fingerprint density at radius 1 is 1.55 bits per heavy atom. The lowest BCUT2D eigenvalue weighted by atomic mass is 10.0. The van der Waals surface area contributed by atoms with Crippen LogP contribution in [0.2, 0.25) is 0 Å². The topological polar surface area (TPSA) is 21.3 Å². The summed E-state index contributed by atoms with van der Waals surface area (Å²) >= 11 is 0. The molecule has 1 N–H and O–H groups in total. The number of hydrogen-bond acceptors (Lipinski definition) is 2. The van der Waals surface area contributed by atoms with Crippen LogP contribution in [0.1, 0.15) is 26.2 Å². The molecular formula is C9H19NO. The van der Waals surface area contributed by atoms with E-state index in [0.717, 1.165) is 32.2 Å². The molecule has 1 saturated heterocycles. The third-order valence-electron chi connectivity index (χ3n) is 2.11. The number of rotatable bonds is 4. The van der Waals surface area contributed by atoms with Crippen LogP contribution in [-0.2, 0) is 4.74 Å². The first-order valence-electron chi connectivity index (χ1n) is 4.72. The fourth-order valence-electron chi connectivity index (χ4n) is 1.45. The average Bonchev–Trinajstić information content (AvgIpc) is 2.07. The minimum atomic E-state index is 0.773. The molecule has 0 amide bonds. The second kappa shape index (κ2) is 5.56. The molecule has 11 heavy (non-hydrogen) atoms. The van der Waals surface area contributed by atoms with Crippen molar-refractivity contribution in [3.8, 4) is 0 Å². The van der Waals surface area contributed by atoms with E-state index >= 15 is 0 Å². The van der Waals surface area contributed by atoms with Gasteiger partial charge in [-0.3, -0.25) is 0 Å². The third kappa shape index (κ3) is 3.73. The normalized spacial score (nSPS) is 25.4. The Morgan fingerprint density at radius 2 is 2.45 bits per heavy atom. The highest BCUT2D eigenvalue weighted by atomic mass is 16.5. The van der Waals surface area contributed by atoms with Crippen molar-refractivity contribution in [3.63, 3.8) is 0 Å². The molecule has 2 nitrogen and oxygen atoms in total. The molecule has 66 valence electrons. The lowest BCUT2D eigenvalue weighted by Crippen LogP contribution is -2.29. The number of ether oxygens (including phenoxy) is 1. The monoisotopic (exact) mass is 157 g/mol. The van der Waals surface area contributed by atoms with E-state index in [2.05, 4.69) is 12.2 Å². The summed E-state index contributed by atoms with van der Waals surface area (Å²) in [7, 11) is 0. The van der Waals surface area contributed by atoms with Gasteiger partial charge in [-0.1, -0.05) is 6.92 Å². The molecular weight excluding hydrogens is 138 g/mol. The van der Waals surface area contributed by atoms with Crippen molar-refractivity contribution in [2.24, 2.45) is 5.92 Å². The third-order valence-corrected chi connectivity index (χ3v) is 2.11. The molecule has 1 aliphatic heterocycles. The van der Waals surface area contributed by atoms with Gasteiger partial charge >= 0.3 is 0 Å². The predicted octanol–water partition coefficient (Wildman–Crippen LogP) is 1.41. The summed E-state index contributed by atoms with van der Waals surface area (Å²) in [4.78, 5) is 0.